The zero-order valence-electron chi connectivity index (χ0n) is 10.3. The number of hydrazine groups is 2. The summed E-state index contributed by atoms with van der Waals surface area (Å²) in [5.74, 6) is 0. The third-order valence-corrected chi connectivity index (χ3v) is 3.10. The SMILES string of the molecule is S=C(S)NN1CCCC1.S=C(S)NN1CCCC1. The molecule has 0 aromatic carbocycles. The van der Waals surface area contributed by atoms with Crippen LogP contribution in [0.15, 0.2) is 0 Å². The third-order valence-electron chi connectivity index (χ3n) is 2.72. The second-order valence-corrected chi connectivity index (χ2v) is 6.54. The number of nitrogens with zero attached hydrogens (tertiary/aromatic N) is 2. The standard InChI is InChI=1S/2C5H10N2S2/c2*8-5(9)6-7-3-1-2-4-7/h2*1-4H2,(H2,6,8,9). The Bertz CT molecular complexity index is 247. The summed E-state index contributed by atoms with van der Waals surface area (Å²) in [5, 5.41) is 4.19. The van der Waals surface area contributed by atoms with Gasteiger partial charge in [0.25, 0.3) is 0 Å². The van der Waals surface area contributed by atoms with Crippen LogP contribution in [0.3, 0.4) is 0 Å². The molecule has 104 valence electrons. The maximum atomic E-state index is 4.74. The van der Waals surface area contributed by atoms with Gasteiger partial charge >= 0.3 is 0 Å². The molecule has 8 heteroatoms. The zero-order chi connectivity index (χ0) is 13.4. The molecule has 0 aromatic heterocycles. The number of rotatable bonds is 2. The summed E-state index contributed by atoms with van der Waals surface area (Å²) in [6, 6.07) is 0. The Morgan fingerprint density at radius 1 is 0.722 bits per heavy atom. The number of hydrogen-bond donors (Lipinski definition) is 4. The van der Waals surface area contributed by atoms with Crippen LogP contribution in [-0.2, 0) is 0 Å². The van der Waals surface area contributed by atoms with Crippen LogP contribution in [0.1, 0.15) is 25.7 Å². The lowest BCUT2D eigenvalue weighted by molar-refractivity contribution is 0.300. The number of nitrogens with one attached hydrogen (secondary N) is 2. The van der Waals surface area contributed by atoms with Crippen LogP contribution in [0.4, 0.5) is 0 Å². The van der Waals surface area contributed by atoms with E-state index in [4.69, 9.17) is 24.4 Å². The van der Waals surface area contributed by atoms with Crippen molar-refractivity contribution in [1.82, 2.24) is 20.9 Å². The molecular formula is C10H20N4S4. The smallest absolute Gasteiger partial charge is 0.145 e. The van der Waals surface area contributed by atoms with Crippen molar-refractivity contribution in [3.63, 3.8) is 0 Å². The first-order valence-electron chi connectivity index (χ1n) is 6.07. The van der Waals surface area contributed by atoms with Gasteiger partial charge in [-0.1, -0.05) is 24.4 Å². The molecule has 18 heavy (non-hydrogen) atoms. The van der Waals surface area contributed by atoms with Gasteiger partial charge in [-0.2, -0.15) is 0 Å². The van der Waals surface area contributed by atoms with Crippen molar-refractivity contribution in [1.29, 1.82) is 0 Å². The Kier molecular flexibility index (Phi) is 8.53. The van der Waals surface area contributed by atoms with Gasteiger partial charge in [0, 0.05) is 26.2 Å². The maximum absolute atomic E-state index is 4.74. The molecule has 4 nitrogen and oxygen atoms in total. The molecule has 0 bridgehead atoms. The van der Waals surface area contributed by atoms with E-state index in [2.05, 4.69) is 46.1 Å². The molecule has 0 radical (unpaired) electrons. The van der Waals surface area contributed by atoms with Crippen LogP contribution < -0.4 is 10.9 Å². The second-order valence-electron chi connectivity index (χ2n) is 4.22. The molecule has 0 aromatic rings. The minimum Gasteiger partial charge on any atom is -0.304 e. The average Bonchev–Trinajstić information content (AvgIpc) is 2.90. The van der Waals surface area contributed by atoms with E-state index in [9.17, 15) is 0 Å². The van der Waals surface area contributed by atoms with Crippen LogP contribution in [0.25, 0.3) is 0 Å². The third kappa shape index (κ3) is 7.75. The summed E-state index contributed by atoms with van der Waals surface area (Å²) in [6.45, 7) is 4.39. The molecule has 0 aliphatic carbocycles. The molecule has 0 spiro atoms. The van der Waals surface area contributed by atoms with Gasteiger partial charge in [0.2, 0.25) is 0 Å². The molecule has 2 rings (SSSR count). The molecule has 2 aliphatic rings. The number of thiocarbonyl (C=S) groups is 2. The van der Waals surface area contributed by atoms with E-state index in [0.717, 1.165) is 26.2 Å². The van der Waals surface area contributed by atoms with E-state index in [0.29, 0.717) is 8.64 Å². The minimum atomic E-state index is 0.567. The highest BCUT2D eigenvalue weighted by Crippen LogP contribution is 2.04. The van der Waals surface area contributed by atoms with Crippen molar-refractivity contribution in [2.45, 2.75) is 25.7 Å². The second kappa shape index (κ2) is 9.33. The van der Waals surface area contributed by atoms with Crippen molar-refractivity contribution in [3.8, 4) is 0 Å². The Balaban J connectivity index is 0.000000180. The van der Waals surface area contributed by atoms with Crippen LogP contribution in [0.5, 0.6) is 0 Å². The first-order chi connectivity index (χ1) is 8.58. The summed E-state index contributed by atoms with van der Waals surface area (Å²) in [4.78, 5) is 0. The molecule has 2 fully saturated rings. The summed E-state index contributed by atoms with van der Waals surface area (Å²) in [5.41, 5.74) is 5.94. The predicted octanol–water partition coefficient (Wildman–Crippen LogP) is 1.60. The lowest BCUT2D eigenvalue weighted by Gasteiger charge is -2.14. The van der Waals surface area contributed by atoms with Crippen molar-refractivity contribution < 1.29 is 0 Å². The van der Waals surface area contributed by atoms with Gasteiger partial charge in [0.1, 0.15) is 8.64 Å². The summed E-state index contributed by atoms with van der Waals surface area (Å²) in [6.07, 6.45) is 5.07. The summed E-state index contributed by atoms with van der Waals surface area (Å²) in [7, 11) is 0. The molecule has 2 saturated heterocycles. The zero-order valence-corrected chi connectivity index (χ0v) is 13.7. The van der Waals surface area contributed by atoms with Gasteiger partial charge in [-0.05, 0) is 25.7 Å². The average molecular weight is 325 g/mol. The van der Waals surface area contributed by atoms with Gasteiger partial charge in [0.15, 0.2) is 0 Å². The lowest BCUT2D eigenvalue weighted by Crippen LogP contribution is -2.36. The Morgan fingerprint density at radius 3 is 1.22 bits per heavy atom. The van der Waals surface area contributed by atoms with E-state index < -0.39 is 0 Å². The fraction of sp³-hybridized carbons (Fsp3) is 0.800. The molecule has 0 amide bonds. The Labute approximate surface area is 131 Å². The van der Waals surface area contributed by atoms with E-state index in [1.165, 1.54) is 25.7 Å². The van der Waals surface area contributed by atoms with E-state index in [-0.39, 0.29) is 0 Å². The van der Waals surface area contributed by atoms with Crippen LogP contribution in [-0.4, -0.2) is 44.8 Å². The summed E-state index contributed by atoms with van der Waals surface area (Å²) < 4.78 is 1.13. The first kappa shape index (κ1) is 16.5. The minimum absolute atomic E-state index is 0.567. The Hall–Kier alpha value is 0.400. The van der Waals surface area contributed by atoms with Crippen LogP contribution >= 0.6 is 49.7 Å². The molecule has 0 atom stereocenters. The van der Waals surface area contributed by atoms with E-state index in [1.807, 2.05) is 0 Å². The van der Waals surface area contributed by atoms with Crippen molar-refractivity contribution in [3.05, 3.63) is 0 Å². The highest BCUT2D eigenvalue weighted by Gasteiger charge is 2.10. The van der Waals surface area contributed by atoms with Crippen molar-refractivity contribution in [2.75, 3.05) is 26.2 Å². The lowest BCUT2D eigenvalue weighted by atomic mass is 10.4. The van der Waals surface area contributed by atoms with Gasteiger partial charge in [-0.3, -0.25) is 0 Å². The predicted molar refractivity (Wildman–Crippen MR) is 91.1 cm³/mol. The molecule has 2 N–H and O–H groups in total. The molecule has 0 unspecified atom stereocenters. The summed E-state index contributed by atoms with van der Waals surface area (Å²) >= 11 is 17.4. The fourth-order valence-corrected chi connectivity index (χ4v) is 2.47. The monoisotopic (exact) mass is 324 g/mol. The van der Waals surface area contributed by atoms with E-state index >= 15 is 0 Å². The Morgan fingerprint density at radius 2 is 1.00 bits per heavy atom. The maximum Gasteiger partial charge on any atom is 0.145 e. The van der Waals surface area contributed by atoms with Gasteiger partial charge in [0.05, 0.1) is 0 Å². The molecule has 0 saturated carbocycles. The normalized spacial score (nSPS) is 20.1. The van der Waals surface area contributed by atoms with Crippen molar-refractivity contribution in [2.24, 2.45) is 0 Å². The fourth-order valence-electron chi connectivity index (χ4n) is 1.93. The first-order valence-corrected chi connectivity index (χ1v) is 7.78. The highest BCUT2D eigenvalue weighted by atomic mass is 32.1. The van der Waals surface area contributed by atoms with Gasteiger partial charge < -0.3 is 10.9 Å². The number of thiol groups is 2. The van der Waals surface area contributed by atoms with E-state index in [1.54, 1.807) is 0 Å². The highest BCUT2D eigenvalue weighted by molar-refractivity contribution is 8.11. The number of hydrogen-bond acceptors (Lipinski definition) is 4. The molecule has 2 aliphatic heterocycles. The largest absolute Gasteiger partial charge is 0.304 e. The topological polar surface area (TPSA) is 30.5 Å². The van der Waals surface area contributed by atoms with Crippen LogP contribution in [0, 0.1) is 0 Å². The van der Waals surface area contributed by atoms with Gasteiger partial charge in [-0.15, -0.1) is 25.3 Å². The van der Waals surface area contributed by atoms with Crippen molar-refractivity contribution >= 4 is 58.3 Å². The molecular weight excluding hydrogens is 304 g/mol. The molecule has 2 heterocycles. The quantitative estimate of drug-likeness (QED) is 0.456. The van der Waals surface area contributed by atoms with Gasteiger partial charge in [-0.25, -0.2) is 10.0 Å². The van der Waals surface area contributed by atoms with Crippen LogP contribution in [0.2, 0.25) is 0 Å².